The van der Waals surface area contributed by atoms with Gasteiger partial charge in [-0.2, -0.15) is 0 Å². The summed E-state index contributed by atoms with van der Waals surface area (Å²) in [6.07, 6.45) is 2.27. The molecular weight excluding hydrogens is 234 g/mol. The molecule has 1 atom stereocenters. The van der Waals surface area contributed by atoms with Crippen LogP contribution in [-0.4, -0.2) is 20.2 Å². The quantitative estimate of drug-likeness (QED) is 0.718. The highest BCUT2D eigenvalue weighted by Crippen LogP contribution is 2.31. The molecule has 0 amide bonds. The third-order valence-electron chi connectivity index (χ3n) is 4.09. The molecule has 0 fully saturated rings. The Morgan fingerprint density at radius 1 is 1.32 bits per heavy atom. The maximum Gasteiger partial charge on any atom is 0.119 e. The molecule has 1 unspecified atom stereocenters. The van der Waals surface area contributed by atoms with E-state index in [2.05, 4.69) is 51.2 Å². The van der Waals surface area contributed by atoms with Crippen molar-refractivity contribution in [2.24, 2.45) is 11.3 Å². The minimum absolute atomic E-state index is 0.279. The molecule has 1 rings (SSSR count). The van der Waals surface area contributed by atoms with Crippen molar-refractivity contribution in [1.82, 2.24) is 5.32 Å². The van der Waals surface area contributed by atoms with Crippen LogP contribution >= 0.6 is 0 Å². The molecule has 1 aromatic carbocycles. The Balaban J connectivity index is 2.76. The summed E-state index contributed by atoms with van der Waals surface area (Å²) in [6, 6.07) is 8.43. The van der Waals surface area contributed by atoms with E-state index in [1.54, 1.807) is 7.11 Å². The minimum Gasteiger partial charge on any atom is -0.497 e. The van der Waals surface area contributed by atoms with Crippen LogP contribution in [0.2, 0.25) is 0 Å². The minimum atomic E-state index is 0.279. The van der Waals surface area contributed by atoms with E-state index in [1.807, 2.05) is 6.07 Å². The zero-order valence-corrected chi connectivity index (χ0v) is 13.1. The summed E-state index contributed by atoms with van der Waals surface area (Å²) >= 11 is 0. The molecule has 2 heteroatoms. The predicted octanol–water partition coefficient (Wildman–Crippen LogP) is 3.90. The fraction of sp³-hybridized carbons (Fsp3) is 0.647. The molecule has 0 aliphatic carbocycles. The van der Waals surface area contributed by atoms with Crippen LogP contribution in [0.15, 0.2) is 24.3 Å². The van der Waals surface area contributed by atoms with E-state index < -0.39 is 0 Å². The first kappa shape index (κ1) is 16.0. The monoisotopic (exact) mass is 263 g/mol. The van der Waals surface area contributed by atoms with Crippen LogP contribution in [0.5, 0.6) is 5.75 Å². The largest absolute Gasteiger partial charge is 0.497 e. The van der Waals surface area contributed by atoms with Crippen molar-refractivity contribution in [3.8, 4) is 5.75 Å². The second-order valence-electron chi connectivity index (χ2n) is 6.01. The lowest BCUT2D eigenvalue weighted by molar-refractivity contribution is 0.207. The Hall–Kier alpha value is -1.02. The zero-order chi connectivity index (χ0) is 14.3. The Labute approximate surface area is 118 Å². The SMILES string of the molecule is CCCNCC(C)(Cc1cccc(OC)c1)C(C)C. The van der Waals surface area contributed by atoms with Gasteiger partial charge in [0.05, 0.1) is 7.11 Å². The molecular formula is C17H29NO. The Kier molecular flexibility index (Phi) is 6.36. The number of hydrogen-bond acceptors (Lipinski definition) is 2. The molecule has 0 bridgehead atoms. The van der Waals surface area contributed by atoms with E-state index in [0.717, 1.165) is 25.3 Å². The van der Waals surface area contributed by atoms with Crippen LogP contribution in [0.1, 0.15) is 39.7 Å². The topological polar surface area (TPSA) is 21.3 Å². The van der Waals surface area contributed by atoms with Gasteiger partial charge in [-0.05, 0) is 48.4 Å². The van der Waals surface area contributed by atoms with Crippen LogP contribution in [-0.2, 0) is 6.42 Å². The molecule has 1 N–H and O–H groups in total. The van der Waals surface area contributed by atoms with Gasteiger partial charge in [-0.15, -0.1) is 0 Å². The highest BCUT2D eigenvalue weighted by molar-refractivity contribution is 5.29. The van der Waals surface area contributed by atoms with Crippen LogP contribution in [0, 0.1) is 11.3 Å². The van der Waals surface area contributed by atoms with E-state index in [-0.39, 0.29) is 5.41 Å². The Morgan fingerprint density at radius 2 is 2.05 bits per heavy atom. The fourth-order valence-electron chi connectivity index (χ4n) is 2.27. The number of benzene rings is 1. The van der Waals surface area contributed by atoms with Gasteiger partial charge in [-0.25, -0.2) is 0 Å². The van der Waals surface area contributed by atoms with Gasteiger partial charge >= 0.3 is 0 Å². The summed E-state index contributed by atoms with van der Waals surface area (Å²) in [6.45, 7) is 11.4. The third-order valence-corrected chi connectivity index (χ3v) is 4.09. The van der Waals surface area contributed by atoms with Crippen molar-refractivity contribution in [2.75, 3.05) is 20.2 Å². The number of nitrogens with one attached hydrogen (secondary N) is 1. The number of hydrogen-bond donors (Lipinski definition) is 1. The van der Waals surface area contributed by atoms with Crippen LogP contribution in [0.25, 0.3) is 0 Å². The lowest BCUT2D eigenvalue weighted by atomic mass is 9.74. The summed E-state index contributed by atoms with van der Waals surface area (Å²) in [4.78, 5) is 0. The molecule has 0 heterocycles. The maximum atomic E-state index is 5.31. The first-order valence-electron chi connectivity index (χ1n) is 7.35. The summed E-state index contributed by atoms with van der Waals surface area (Å²) in [7, 11) is 1.73. The average Bonchev–Trinajstić information content (AvgIpc) is 2.39. The van der Waals surface area contributed by atoms with Gasteiger partial charge in [0.15, 0.2) is 0 Å². The van der Waals surface area contributed by atoms with Gasteiger partial charge in [0.2, 0.25) is 0 Å². The third kappa shape index (κ3) is 4.87. The van der Waals surface area contributed by atoms with Gasteiger partial charge in [-0.3, -0.25) is 0 Å². The summed E-state index contributed by atoms with van der Waals surface area (Å²) in [5, 5.41) is 3.57. The van der Waals surface area contributed by atoms with Gasteiger partial charge in [-0.1, -0.05) is 39.8 Å². The lowest BCUT2D eigenvalue weighted by Crippen LogP contribution is -2.38. The Morgan fingerprint density at radius 3 is 2.63 bits per heavy atom. The molecule has 108 valence electrons. The fourth-order valence-corrected chi connectivity index (χ4v) is 2.27. The standard InChI is InChI=1S/C17H29NO/c1-6-10-18-13-17(4,14(2)3)12-15-8-7-9-16(11-15)19-5/h7-9,11,14,18H,6,10,12-13H2,1-5H3. The highest BCUT2D eigenvalue weighted by atomic mass is 16.5. The van der Waals surface area contributed by atoms with Gasteiger partial charge in [0.25, 0.3) is 0 Å². The van der Waals surface area contributed by atoms with E-state index in [4.69, 9.17) is 4.74 Å². The average molecular weight is 263 g/mol. The van der Waals surface area contributed by atoms with Crippen LogP contribution in [0.3, 0.4) is 0 Å². The zero-order valence-electron chi connectivity index (χ0n) is 13.1. The first-order valence-corrected chi connectivity index (χ1v) is 7.35. The molecule has 19 heavy (non-hydrogen) atoms. The normalized spacial score (nSPS) is 14.4. The predicted molar refractivity (Wildman–Crippen MR) is 82.8 cm³/mol. The summed E-state index contributed by atoms with van der Waals surface area (Å²) < 4.78 is 5.31. The van der Waals surface area contributed by atoms with Crippen molar-refractivity contribution in [1.29, 1.82) is 0 Å². The smallest absolute Gasteiger partial charge is 0.119 e. The van der Waals surface area contributed by atoms with E-state index in [1.165, 1.54) is 12.0 Å². The second-order valence-corrected chi connectivity index (χ2v) is 6.01. The van der Waals surface area contributed by atoms with Crippen molar-refractivity contribution >= 4 is 0 Å². The van der Waals surface area contributed by atoms with Crippen LogP contribution in [0.4, 0.5) is 0 Å². The highest BCUT2D eigenvalue weighted by Gasteiger charge is 2.28. The second kappa shape index (κ2) is 7.54. The van der Waals surface area contributed by atoms with E-state index in [0.29, 0.717) is 5.92 Å². The molecule has 0 radical (unpaired) electrons. The summed E-state index contributed by atoms with van der Waals surface area (Å²) in [5.41, 5.74) is 1.63. The number of rotatable bonds is 8. The lowest BCUT2D eigenvalue weighted by Gasteiger charge is -2.34. The maximum absolute atomic E-state index is 5.31. The van der Waals surface area contributed by atoms with Gasteiger partial charge < -0.3 is 10.1 Å². The van der Waals surface area contributed by atoms with E-state index >= 15 is 0 Å². The Bertz CT molecular complexity index is 375. The molecule has 0 aliphatic heterocycles. The van der Waals surface area contributed by atoms with Crippen molar-refractivity contribution in [3.63, 3.8) is 0 Å². The van der Waals surface area contributed by atoms with Gasteiger partial charge in [0, 0.05) is 6.54 Å². The molecule has 0 saturated carbocycles. The molecule has 0 saturated heterocycles. The summed E-state index contributed by atoms with van der Waals surface area (Å²) in [5.74, 6) is 1.59. The molecule has 2 nitrogen and oxygen atoms in total. The van der Waals surface area contributed by atoms with Crippen molar-refractivity contribution < 1.29 is 4.74 Å². The van der Waals surface area contributed by atoms with Crippen molar-refractivity contribution in [2.45, 2.75) is 40.5 Å². The molecule has 0 aromatic heterocycles. The molecule has 0 spiro atoms. The first-order chi connectivity index (χ1) is 9.01. The van der Waals surface area contributed by atoms with E-state index in [9.17, 15) is 0 Å². The number of methoxy groups -OCH3 is 1. The van der Waals surface area contributed by atoms with Crippen LogP contribution < -0.4 is 10.1 Å². The molecule has 0 aliphatic rings. The van der Waals surface area contributed by atoms with Crippen molar-refractivity contribution in [3.05, 3.63) is 29.8 Å². The number of ether oxygens (including phenoxy) is 1. The van der Waals surface area contributed by atoms with Gasteiger partial charge in [0.1, 0.15) is 5.75 Å². The molecule has 1 aromatic rings.